The Balaban J connectivity index is 2.24. The Morgan fingerprint density at radius 2 is 2.29 bits per heavy atom. The van der Waals surface area contributed by atoms with Crippen LogP contribution in [0.25, 0.3) is 0 Å². The zero-order chi connectivity index (χ0) is 15.4. The van der Waals surface area contributed by atoms with Crippen molar-refractivity contribution >= 4 is 11.6 Å². The van der Waals surface area contributed by atoms with Crippen molar-refractivity contribution in [2.75, 3.05) is 27.2 Å². The second-order valence-corrected chi connectivity index (χ2v) is 5.02. The lowest BCUT2D eigenvalue weighted by Gasteiger charge is -2.32. The van der Waals surface area contributed by atoms with Crippen molar-refractivity contribution < 1.29 is 14.5 Å². The number of carbonyl (C=O) groups is 1. The molecule has 1 aliphatic rings. The molecule has 7 heteroatoms. The van der Waals surface area contributed by atoms with Gasteiger partial charge in [-0.2, -0.15) is 0 Å². The summed E-state index contributed by atoms with van der Waals surface area (Å²) in [6.07, 6.45) is 1.98. The third kappa shape index (κ3) is 3.30. The summed E-state index contributed by atoms with van der Waals surface area (Å²) in [5, 5.41) is 14.0. The Morgan fingerprint density at radius 1 is 1.52 bits per heavy atom. The number of hydrogen-bond acceptors (Lipinski definition) is 5. The van der Waals surface area contributed by atoms with Gasteiger partial charge in [-0.25, -0.2) is 0 Å². The Labute approximate surface area is 123 Å². The second kappa shape index (κ2) is 6.53. The van der Waals surface area contributed by atoms with Crippen LogP contribution in [-0.4, -0.2) is 49.0 Å². The number of benzene rings is 1. The number of rotatable bonds is 4. The van der Waals surface area contributed by atoms with Crippen molar-refractivity contribution in [3.8, 4) is 5.75 Å². The van der Waals surface area contributed by atoms with Crippen LogP contribution in [0, 0.1) is 10.1 Å². The number of amides is 1. The van der Waals surface area contributed by atoms with E-state index in [1.807, 2.05) is 7.05 Å². The van der Waals surface area contributed by atoms with E-state index in [2.05, 4.69) is 5.32 Å². The van der Waals surface area contributed by atoms with Crippen LogP contribution in [0.2, 0.25) is 0 Å². The number of nitro benzene ring substituents is 1. The number of methoxy groups -OCH3 is 1. The van der Waals surface area contributed by atoms with E-state index < -0.39 is 4.92 Å². The fraction of sp³-hybridized carbons (Fsp3) is 0.500. The summed E-state index contributed by atoms with van der Waals surface area (Å²) in [6, 6.07) is 4.36. The first kappa shape index (κ1) is 15.2. The molecule has 1 amide bonds. The van der Waals surface area contributed by atoms with E-state index in [4.69, 9.17) is 4.74 Å². The van der Waals surface area contributed by atoms with Crippen molar-refractivity contribution in [1.29, 1.82) is 0 Å². The first-order valence-electron chi connectivity index (χ1n) is 6.85. The van der Waals surface area contributed by atoms with Gasteiger partial charge in [-0.15, -0.1) is 0 Å². The smallest absolute Gasteiger partial charge is 0.273 e. The first-order valence-corrected chi connectivity index (χ1v) is 6.85. The third-order valence-corrected chi connectivity index (χ3v) is 3.74. The number of nitrogens with one attached hydrogen (secondary N) is 1. The van der Waals surface area contributed by atoms with Gasteiger partial charge >= 0.3 is 0 Å². The predicted octanol–water partition coefficient (Wildman–Crippen LogP) is 1.43. The Morgan fingerprint density at radius 3 is 2.90 bits per heavy atom. The summed E-state index contributed by atoms with van der Waals surface area (Å²) in [7, 11) is 3.29. The Kier molecular flexibility index (Phi) is 4.74. The molecule has 0 spiro atoms. The van der Waals surface area contributed by atoms with E-state index in [-0.39, 0.29) is 23.4 Å². The number of carbonyl (C=O) groups excluding carboxylic acids is 1. The molecule has 1 aromatic rings. The molecule has 1 fully saturated rings. The number of likely N-dealkylation sites (N-methyl/N-ethyl adjacent to an activating group) is 1. The quantitative estimate of drug-likeness (QED) is 0.670. The lowest BCUT2D eigenvalue weighted by atomic mass is 10.0. The molecule has 0 saturated carbocycles. The molecule has 114 valence electrons. The number of non-ortho nitro benzene ring substituents is 1. The molecule has 0 aromatic heterocycles. The minimum absolute atomic E-state index is 0.0878. The molecule has 0 bridgehead atoms. The fourth-order valence-corrected chi connectivity index (χ4v) is 2.54. The summed E-state index contributed by atoms with van der Waals surface area (Å²) in [5.74, 6) is 0.0856. The van der Waals surface area contributed by atoms with E-state index in [1.165, 1.54) is 25.3 Å². The number of likely N-dealkylation sites (tertiary alicyclic amines) is 1. The Bertz CT molecular complexity index is 547. The average molecular weight is 293 g/mol. The van der Waals surface area contributed by atoms with E-state index in [0.29, 0.717) is 18.7 Å². The van der Waals surface area contributed by atoms with Crippen LogP contribution in [0.5, 0.6) is 5.75 Å². The molecule has 21 heavy (non-hydrogen) atoms. The van der Waals surface area contributed by atoms with E-state index in [1.54, 1.807) is 4.90 Å². The van der Waals surface area contributed by atoms with Crippen molar-refractivity contribution in [3.05, 3.63) is 33.9 Å². The summed E-state index contributed by atoms with van der Waals surface area (Å²) < 4.78 is 5.13. The van der Waals surface area contributed by atoms with Crippen LogP contribution in [0.4, 0.5) is 5.69 Å². The highest BCUT2D eigenvalue weighted by atomic mass is 16.6. The van der Waals surface area contributed by atoms with E-state index in [9.17, 15) is 14.9 Å². The van der Waals surface area contributed by atoms with Gasteiger partial charge in [0.05, 0.1) is 23.7 Å². The van der Waals surface area contributed by atoms with Crippen LogP contribution in [0.3, 0.4) is 0 Å². The van der Waals surface area contributed by atoms with E-state index in [0.717, 1.165) is 12.8 Å². The molecule has 1 aromatic carbocycles. The van der Waals surface area contributed by atoms with Gasteiger partial charge in [0.25, 0.3) is 11.6 Å². The van der Waals surface area contributed by atoms with Gasteiger partial charge in [0, 0.05) is 25.2 Å². The highest BCUT2D eigenvalue weighted by Crippen LogP contribution is 2.26. The molecule has 1 unspecified atom stereocenters. The van der Waals surface area contributed by atoms with Gasteiger partial charge in [0.2, 0.25) is 0 Å². The van der Waals surface area contributed by atoms with Gasteiger partial charge in [0.1, 0.15) is 5.75 Å². The lowest BCUT2D eigenvalue weighted by molar-refractivity contribution is -0.384. The zero-order valence-corrected chi connectivity index (χ0v) is 12.2. The number of hydrogen-bond donors (Lipinski definition) is 1. The summed E-state index contributed by atoms with van der Waals surface area (Å²) >= 11 is 0. The Hall–Kier alpha value is -2.15. The van der Waals surface area contributed by atoms with Gasteiger partial charge in [-0.05, 0) is 26.0 Å². The normalized spacial score (nSPS) is 18.4. The molecule has 0 radical (unpaired) electrons. The summed E-state index contributed by atoms with van der Waals surface area (Å²) in [6.45, 7) is 1.33. The maximum Gasteiger partial charge on any atom is 0.273 e. The maximum absolute atomic E-state index is 12.6. The maximum atomic E-state index is 12.6. The minimum atomic E-state index is -0.505. The largest absolute Gasteiger partial charge is 0.496 e. The molecule has 1 atom stereocenters. The molecule has 0 aliphatic carbocycles. The van der Waals surface area contributed by atoms with Crippen LogP contribution in [0.15, 0.2) is 18.2 Å². The number of piperidine rings is 1. The van der Waals surface area contributed by atoms with Crippen LogP contribution >= 0.6 is 0 Å². The molecular formula is C14H19N3O4. The van der Waals surface area contributed by atoms with Crippen molar-refractivity contribution in [2.24, 2.45) is 0 Å². The average Bonchev–Trinajstić information content (AvgIpc) is 2.53. The van der Waals surface area contributed by atoms with Crippen LogP contribution in [0.1, 0.15) is 23.2 Å². The number of nitro groups is 1. The molecular weight excluding hydrogens is 274 g/mol. The molecule has 7 nitrogen and oxygen atoms in total. The standard InChI is InChI=1S/C14H19N3O4/c1-15-10-4-3-7-16(9-10)14(18)12-6-5-11(17(19)20)8-13(12)21-2/h5-6,8,10,15H,3-4,7,9H2,1-2H3. The fourth-order valence-electron chi connectivity index (χ4n) is 2.54. The highest BCUT2D eigenvalue weighted by Gasteiger charge is 2.26. The molecule has 1 heterocycles. The zero-order valence-electron chi connectivity index (χ0n) is 12.2. The summed E-state index contributed by atoms with van der Waals surface area (Å²) in [4.78, 5) is 24.6. The number of ether oxygens (including phenoxy) is 1. The van der Waals surface area contributed by atoms with Crippen LogP contribution < -0.4 is 10.1 Å². The minimum Gasteiger partial charge on any atom is -0.496 e. The first-order chi connectivity index (χ1) is 10.1. The highest BCUT2D eigenvalue weighted by molar-refractivity contribution is 5.97. The van der Waals surface area contributed by atoms with Gasteiger partial charge in [0.15, 0.2) is 0 Å². The second-order valence-electron chi connectivity index (χ2n) is 5.02. The molecule has 1 N–H and O–H groups in total. The number of nitrogens with zero attached hydrogens (tertiary/aromatic N) is 2. The topological polar surface area (TPSA) is 84.7 Å². The van der Waals surface area contributed by atoms with Crippen molar-refractivity contribution in [3.63, 3.8) is 0 Å². The lowest BCUT2D eigenvalue weighted by Crippen LogP contribution is -2.47. The third-order valence-electron chi connectivity index (χ3n) is 3.74. The van der Waals surface area contributed by atoms with Gasteiger partial charge in [-0.3, -0.25) is 14.9 Å². The SMILES string of the molecule is CNC1CCCN(C(=O)c2ccc([N+](=O)[O-])cc2OC)C1. The monoisotopic (exact) mass is 293 g/mol. The molecule has 2 rings (SSSR count). The van der Waals surface area contributed by atoms with Gasteiger partial charge in [-0.1, -0.05) is 0 Å². The van der Waals surface area contributed by atoms with Crippen LogP contribution in [-0.2, 0) is 0 Å². The van der Waals surface area contributed by atoms with Crippen molar-refractivity contribution in [2.45, 2.75) is 18.9 Å². The van der Waals surface area contributed by atoms with E-state index >= 15 is 0 Å². The van der Waals surface area contributed by atoms with Crippen molar-refractivity contribution in [1.82, 2.24) is 10.2 Å². The molecule has 1 saturated heterocycles. The predicted molar refractivity (Wildman–Crippen MR) is 77.6 cm³/mol. The summed E-state index contributed by atoms with van der Waals surface area (Å²) in [5.41, 5.74) is 0.273. The molecule has 1 aliphatic heterocycles. The van der Waals surface area contributed by atoms with Gasteiger partial charge < -0.3 is 15.0 Å².